The number of amides is 3. The summed E-state index contributed by atoms with van der Waals surface area (Å²) in [6.07, 6.45) is 4.59. The van der Waals surface area contributed by atoms with Crippen molar-refractivity contribution in [3.05, 3.63) is 29.8 Å². The van der Waals surface area contributed by atoms with Crippen molar-refractivity contribution in [2.75, 3.05) is 26.0 Å². The van der Waals surface area contributed by atoms with E-state index >= 15 is 0 Å². The van der Waals surface area contributed by atoms with E-state index in [2.05, 4.69) is 17.6 Å². The van der Waals surface area contributed by atoms with E-state index in [-0.39, 0.29) is 5.91 Å². The molecule has 1 aliphatic carbocycles. The van der Waals surface area contributed by atoms with Crippen molar-refractivity contribution in [1.82, 2.24) is 10.2 Å². The van der Waals surface area contributed by atoms with Gasteiger partial charge >= 0.3 is 11.8 Å². The summed E-state index contributed by atoms with van der Waals surface area (Å²) < 4.78 is 0. The van der Waals surface area contributed by atoms with Crippen LogP contribution >= 0.6 is 0 Å². The lowest BCUT2D eigenvalue weighted by atomic mass is 9.82. The van der Waals surface area contributed by atoms with E-state index < -0.39 is 11.8 Å². The predicted molar refractivity (Wildman–Crippen MR) is 97.2 cm³/mol. The van der Waals surface area contributed by atoms with Crippen molar-refractivity contribution < 1.29 is 14.4 Å². The summed E-state index contributed by atoms with van der Waals surface area (Å²) >= 11 is 0. The van der Waals surface area contributed by atoms with Crippen LogP contribution in [0, 0.1) is 11.8 Å². The number of para-hydroxylation sites is 1. The third kappa shape index (κ3) is 5.31. The molecule has 1 aliphatic rings. The lowest BCUT2D eigenvalue weighted by molar-refractivity contribution is -0.136. The third-order valence-electron chi connectivity index (χ3n) is 4.61. The van der Waals surface area contributed by atoms with Crippen molar-refractivity contribution in [3.8, 4) is 0 Å². The minimum Gasteiger partial charge on any atom is -0.348 e. The largest absolute Gasteiger partial charge is 0.348 e. The van der Waals surface area contributed by atoms with Crippen LogP contribution in [-0.2, 0) is 9.59 Å². The Kier molecular flexibility index (Phi) is 6.56. The fourth-order valence-electron chi connectivity index (χ4n) is 3.26. The van der Waals surface area contributed by atoms with E-state index in [1.54, 1.807) is 38.4 Å². The fraction of sp³-hybridized carbons (Fsp3) is 0.526. The summed E-state index contributed by atoms with van der Waals surface area (Å²) in [4.78, 5) is 37.8. The molecule has 6 heteroatoms. The predicted octanol–water partition coefficient (Wildman–Crippen LogP) is 2.27. The minimum atomic E-state index is -0.747. The van der Waals surface area contributed by atoms with Crippen molar-refractivity contribution in [3.63, 3.8) is 0 Å². The maximum absolute atomic E-state index is 12.2. The molecule has 3 amide bonds. The summed E-state index contributed by atoms with van der Waals surface area (Å²) in [7, 11) is 3.28. The fourth-order valence-corrected chi connectivity index (χ4v) is 3.26. The van der Waals surface area contributed by atoms with Gasteiger partial charge in [0.2, 0.25) is 0 Å². The molecule has 1 aromatic carbocycles. The zero-order valence-corrected chi connectivity index (χ0v) is 15.2. The lowest BCUT2D eigenvalue weighted by Gasteiger charge is -2.26. The van der Waals surface area contributed by atoms with Crippen LogP contribution in [0.2, 0.25) is 0 Å². The first-order valence-electron chi connectivity index (χ1n) is 8.78. The van der Waals surface area contributed by atoms with Crippen LogP contribution in [0.3, 0.4) is 0 Å². The van der Waals surface area contributed by atoms with E-state index in [4.69, 9.17) is 0 Å². The maximum atomic E-state index is 12.2. The summed E-state index contributed by atoms with van der Waals surface area (Å²) in [5.74, 6) is -0.530. The smallest absolute Gasteiger partial charge is 0.313 e. The molecule has 1 aromatic rings. The summed E-state index contributed by atoms with van der Waals surface area (Å²) in [6.45, 7) is 2.74. The molecule has 136 valence electrons. The molecule has 0 radical (unpaired) electrons. The molecule has 2 rings (SSSR count). The molecule has 0 spiro atoms. The second-order valence-corrected chi connectivity index (χ2v) is 7.05. The van der Waals surface area contributed by atoms with Gasteiger partial charge < -0.3 is 15.5 Å². The van der Waals surface area contributed by atoms with E-state index in [1.165, 1.54) is 17.7 Å². The van der Waals surface area contributed by atoms with Gasteiger partial charge in [-0.25, -0.2) is 0 Å². The number of hydrogen-bond acceptors (Lipinski definition) is 3. The van der Waals surface area contributed by atoms with Gasteiger partial charge in [-0.05, 0) is 36.8 Å². The van der Waals surface area contributed by atoms with E-state index in [1.807, 2.05) is 0 Å². The molecule has 1 fully saturated rings. The van der Waals surface area contributed by atoms with Crippen LogP contribution in [0.25, 0.3) is 0 Å². The highest BCUT2D eigenvalue weighted by Crippen LogP contribution is 2.27. The van der Waals surface area contributed by atoms with E-state index in [0.717, 1.165) is 12.8 Å². The van der Waals surface area contributed by atoms with Gasteiger partial charge in [0.05, 0.1) is 11.3 Å². The molecular weight excluding hydrogens is 318 g/mol. The van der Waals surface area contributed by atoms with Crippen molar-refractivity contribution >= 4 is 23.4 Å². The molecule has 0 aromatic heterocycles. The first-order chi connectivity index (χ1) is 11.9. The van der Waals surface area contributed by atoms with Gasteiger partial charge in [-0.2, -0.15) is 0 Å². The SMILES string of the molecule is CC1CCCC(CNC(=O)C(=O)Nc2ccccc2C(=O)N(C)C)C1. The molecule has 25 heavy (non-hydrogen) atoms. The summed E-state index contributed by atoms with van der Waals surface area (Å²) in [6, 6.07) is 6.67. The Morgan fingerprint density at radius 1 is 1.12 bits per heavy atom. The van der Waals surface area contributed by atoms with Gasteiger partial charge in [0.15, 0.2) is 0 Å². The molecule has 0 aliphatic heterocycles. The van der Waals surface area contributed by atoms with Gasteiger partial charge in [-0.15, -0.1) is 0 Å². The molecule has 2 unspecified atom stereocenters. The average molecular weight is 345 g/mol. The molecule has 6 nitrogen and oxygen atoms in total. The molecular formula is C19H27N3O3. The number of carbonyl (C=O) groups excluding carboxylic acids is 3. The quantitative estimate of drug-likeness (QED) is 0.822. The van der Waals surface area contributed by atoms with Crippen LogP contribution in [0.15, 0.2) is 24.3 Å². The van der Waals surface area contributed by atoms with Gasteiger partial charge in [0.25, 0.3) is 5.91 Å². The lowest BCUT2D eigenvalue weighted by Crippen LogP contribution is -2.39. The Morgan fingerprint density at radius 3 is 2.52 bits per heavy atom. The third-order valence-corrected chi connectivity index (χ3v) is 4.61. The Labute approximate surface area is 149 Å². The van der Waals surface area contributed by atoms with Gasteiger partial charge in [0.1, 0.15) is 0 Å². The monoisotopic (exact) mass is 345 g/mol. The number of benzene rings is 1. The Bertz CT molecular complexity index is 643. The van der Waals surface area contributed by atoms with E-state index in [0.29, 0.717) is 29.6 Å². The first-order valence-corrected chi connectivity index (χ1v) is 8.78. The Hall–Kier alpha value is -2.37. The molecule has 0 saturated heterocycles. The van der Waals surface area contributed by atoms with Crippen LogP contribution in [0.1, 0.15) is 43.0 Å². The van der Waals surface area contributed by atoms with Crippen LogP contribution < -0.4 is 10.6 Å². The summed E-state index contributed by atoms with van der Waals surface area (Å²) in [5.41, 5.74) is 0.697. The number of nitrogens with one attached hydrogen (secondary N) is 2. The number of nitrogens with zero attached hydrogens (tertiary/aromatic N) is 1. The van der Waals surface area contributed by atoms with Gasteiger partial charge in [0, 0.05) is 20.6 Å². The Morgan fingerprint density at radius 2 is 1.84 bits per heavy atom. The molecule has 1 saturated carbocycles. The number of rotatable bonds is 4. The maximum Gasteiger partial charge on any atom is 0.313 e. The van der Waals surface area contributed by atoms with Crippen molar-refractivity contribution in [1.29, 1.82) is 0 Å². The second kappa shape index (κ2) is 8.65. The van der Waals surface area contributed by atoms with E-state index in [9.17, 15) is 14.4 Å². The molecule has 2 atom stereocenters. The van der Waals surface area contributed by atoms with Gasteiger partial charge in [-0.3, -0.25) is 14.4 Å². The van der Waals surface area contributed by atoms with Crippen molar-refractivity contribution in [2.45, 2.75) is 32.6 Å². The number of carbonyl (C=O) groups is 3. The van der Waals surface area contributed by atoms with Crippen LogP contribution in [-0.4, -0.2) is 43.3 Å². The topological polar surface area (TPSA) is 78.5 Å². The highest BCUT2D eigenvalue weighted by Gasteiger charge is 2.22. The van der Waals surface area contributed by atoms with Crippen LogP contribution in [0.5, 0.6) is 0 Å². The Balaban J connectivity index is 1.93. The first kappa shape index (κ1) is 19.0. The van der Waals surface area contributed by atoms with Crippen LogP contribution in [0.4, 0.5) is 5.69 Å². The normalized spacial score (nSPS) is 19.8. The second-order valence-electron chi connectivity index (χ2n) is 7.05. The summed E-state index contributed by atoms with van der Waals surface area (Å²) in [5, 5.41) is 5.26. The van der Waals surface area contributed by atoms with Gasteiger partial charge in [-0.1, -0.05) is 31.9 Å². The molecule has 2 N–H and O–H groups in total. The molecule has 0 heterocycles. The zero-order chi connectivity index (χ0) is 18.4. The molecule has 0 bridgehead atoms. The average Bonchev–Trinajstić information content (AvgIpc) is 2.59. The number of hydrogen-bond donors (Lipinski definition) is 2. The number of anilines is 1. The zero-order valence-electron chi connectivity index (χ0n) is 15.2. The van der Waals surface area contributed by atoms with Crippen molar-refractivity contribution in [2.24, 2.45) is 11.8 Å². The highest BCUT2D eigenvalue weighted by atomic mass is 16.2. The minimum absolute atomic E-state index is 0.229. The standard InChI is InChI=1S/C19H27N3O3/c1-13-7-6-8-14(11-13)12-20-17(23)18(24)21-16-10-5-4-9-15(16)19(25)22(2)3/h4-5,9-10,13-14H,6-8,11-12H2,1-3H3,(H,20,23)(H,21,24). The highest BCUT2D eigenvalue weighted by molar-refractivity contribution is 6.40.